The predicted octanol–water partition coefficient (Wildman–Crippen LogP) is 8.07. The lowest BCUT2D eigenvalue weighted by Crippen LogP contribution is -2.25. The molecule has 1 aromatic rings. The van der Waals surface area contributed by atoms with Gasteiger partial charge in [-0.15, -0.1) is 0 Å². The molecule has 2 saturated carbocycles. The van der Waals surface area contributed by atoms with Gasteiger partial charge in [-0.2, -0.15) is 5.26 Å². The molecule has 2 aliphatic carbocycles. The second kappa shape index (κ2) is 11.4. The smallest absolute Gasteiger partial charge is 0.0991 e. The molecule has 2 heteroatoms. The summed E-state index contributed by atoms with van der Waals surface area (Å²) in [6, 6.07) is 10.5. The zero-order valence-corrected chi connectivity index (χ0v) is 17.3. The largest absolute Gasteiger partial charge is 0.216 e. The SMILES string of the molecule is N#Cc1ccc(C2CCC(C3CCC(CCCCCC=CF)CC3)CC2)cc1. The van der Waals surface area contributed by atoms with Gasteiger partial charge in [-0.05, 0) is 92.7 Å². The predicted molar refractivity (Wildman–Crippen MR) is 115 cm³/mol. The minimum absolute atomic E-state index is 0.680. The van der Waals surface area contributed by atoms with Gasteiger partial charge in [0.2, 0.25) is 0 Å². The summed E-state index contributed by atoms with van der Waals surface area (Å²) in [4.78, 5) is 0. The number of nitriles is 1. The first kappa shape index (κ1) is 21.1. The summed E-state index contributed by atoms with van der Waals surface area (Å²) in [5.41, 5.74) is 2.20. The molecule has 0 radical (unpaired) electrons. The lowest BCUT2D eigenvalue weighted by molar-refractivity contribution is 0.155. The molecule has 0 aromatic heterocycles. The Balaban J connectivity index is 1.33. The van der Waals surface area contributed by atoms with Gasteiger partial charge in [0, 0.05) is 0 Å². The Morgan fingerprint density at radius 3 is 2.11 bits per heavy atom. The van der Waals surface area contributed by atoms with Crippen LogP contribution in [0, 0.1) is 29.1 Å². The average molecular weight is 382 g/mol. The Morgan fingerprint density at radius 1 is 0.857 bits per heavy atom. The Morgan fingerprint density at radius 2 is 1.50 bits per heavy atom. The van der Waals surface area contributed by atoms with Crippen LogP contribution < -0.4 is 0 Å². The van der Waals surface area contributed by atoms with E-state index >= 15 is 0 Å². The van der Waals surface area contributed by atoms with Gasteiger partial charge in [-0.1, -0.05) is 50.3 Å². The molecule has 3 rings (SSSR count). The van der Waals surface area contributed by atoms with Crippen molar-refractivity contribution in [3.63, 3.8) is 0 Å². The number of halogens is 1. The maximum absolute atomic E-state index is 11.9. The molecule has 0 saturated heterocycles. The molecular weight excluding hydrogens is 345 g/mol. The molecule has 0 amide bonds. The fourth-order valence-electron chi connectivity index (χ4n) is 5.64. The molecule has 0 unspecified atom stereocenters. The minimum Gasteiger partial charge on any atom is -0.216 e. The highest BCUT2D eigenvalue weighted by Crippen LogP contribution is 2.44. The van der Waals surface area contributed by atoms with Crippen molar-refractivity contribution in [2.75, 3.05) is 0 Å². The first-order chi connectivity index (χ1) is 13.8. The van der Waals surface area contributed by atoms with E-state index in [-0.39, 0.29) is 0 Å². The molecule has 2 aliphatic rings. The van der Waals surface area contributed by atoms with Crippen LogP contribution in [0.25, 0.3) is 0 Å². The van der Waals surface area contributed by atoms with E-state index in [1.165, 1.54) is 76.2 Å². The number of rotatable bonds is 8. The lowest BCUT2D eigenvalue weighted by atomic mass is 9.68. The number of hydrogen-bond donors (Lipinski definition) is 0. The van der Waals surface area contributed by atoms with Gasteiger partial charge in [0.25, 0.3) is 0 Å². The van der Waals surface area contributed by atoms with Gasteiger partial charge in [0.1, 0.15) is 0 Å². The van der Waals surface area contributed by atoms with E-state index in [1.54, 1.807) is 6.08 Å². The Hall–Kier alpha value is -1.62. The van der Waals surface area contributed by atoms with Gasteiger partial charge >= 0.3 is 0 Å². The van der Waals surface area contributed by atoms with Gasteiger partial charge in [0.15, 0.2) is 0 Å². The van der Waals surface area contributed by atoms with Crippen LogP contribution in [0.2, 0.25) is 0 Å². The maximum atomic E-state index is 11.9. The summed E-state index contributed by atoms with van der Waals surface area (Å²) in [6.07, 6.45) is 19.5. The van der Waals surface area contributed by atoms with Crippen LogP contribution in [-0.2, 0) is 0 Å². The zero-order chi connectivity index (χ0) is 19.6. The summed E-state index contributed by atoms with van der Waals surface area (Å²) in [5, 5.41) is 8.96. The quantitative estimate of drug-likeness (QED) is 0.418. The number of benzene rings is 1. The van der Waals surface area contributed by atoms with Gasteiger partial charge in [-0.3, -0.25) is 0 Å². The van der Waals surface area contributed by atoms with E-state index in [0.29, 0.717) is 12.2 Å². The normalized spacial score (nSPS) is 28.3. The molecule has 152 valence electrons. The third-order valence-corrected chi connectivity index (χ3v) is 7.41. The Bertz CT molecular complexity index is 625. The number of unbranched alkanes of at least 4 members (excludes halogenated alkanes) is 3. The molecule has 0 spiro atoms. The first-order valence-electron chi connectivity index (χ1n) is 11.6. The van der Waals surface area contributed by atoms with E-state index in [0.717, 1.165) is 36.2 Å². The van der Waals surface area contributed by atoms with Crippen molar-refractivity contribution in [3.8, 4) is 6.07 Å². The molecule has 0 atom stereocenters. The molecule has 0 heterocycles. The molecule has 1 aromatic carbocycles. The Labute approximate surface area is 171 Å². The average Bonchev–Trinajstić information content (AvgIpc) is 2.77. The third kappa shape index (κ3) is 6.20. The van der Waals surface area contributed by atoms with E-state index in [2.05, 4.69) is 18.2 Å². The summed E-state index contributed by atoms with van der Waals surface area (Å²) in [7, 11) is 0. The highest BCUT2D eigenvalue weighted by molar-refractivity contribution is 5.33. The molecule has 2 fully saturated rings. The third-order valence-electron chi connectivity index (χ3n) is 7.41. The number of allylic oxidation sites excluding steroid dienone is 1. The van der Waals surface area contributed by atoms with E-state index in [4.69, 9.17) is 5.26 Å². The van der Waals surface area contributed by atoms with Gasteiger partial charge in [-0.25, -0.2) is 4.39 Å². The van der Waals surface area contributed by atoms with Crippen LogP contribution in [-0.4, -0.2) is 0 Å². The van der Waals surface area contributed by atoms with Crippen molar-refractivity contribution < 1.29 is 4.39 Å². The fraction of sp³-hybridized carbons (Fsp3) is 0.654. The zero-order valence-electron chi connectivity index (χ0n) is 17.3. The van der Waals surface area contributed by atoms with Crippen LogP contribution in [0.5, 0.6) is 0 Å². The van der Waals surface area contributed by atoms with Crippen molar-refractivity contribution in [3.05, 3.63) is 47.8 Å². The van der Waals surface area contributed by atoms with Crippen molar-refractivity contribution in [2.24, 2.45) is 17.8 Å². The maximum Gasteiger partial charge on any atom is 0.0991 e. The summed E-state index contributed by atoms with van der Waals surface area (Å²) in [6.45, 7) is 0. The molecular formula is C26H36FN. The second-order valence-corrected chi connectivity index (χ2v) is 9.13. The number of nitrogens with zero attached hydrogens (tertiary/aromatic N) is 1. The van der Waals surface area contributed by atoms with E-state index in [1.807, 2.05) is 12.1 Å². The first-order valence-corrected chi connectivity index (χ1v) is 11.6. The molecule has 0 aliphatic heterocycles. The van der Waals surface area contributed by atoms with Gasteiger partial charge in [0.05, 0.1) is 18.0 Å². The molecule has 1 nitrogen and oxygen atoms in total. The molecule has 0 N–H and O–H groups in total. The summed E-state index contributed by atoms with van der Waals surface area (Å²) in [5.74, 6) is 3.56. The van der Waals surface area contributed by atoms with Gasteiger partial charge < -0.3 is 0 Å². The van der Waals surface area contributed by atoms with Crippen molar-refractivity contribution in [1.29, 1.82) is 5.26 Å². The van der Waals surface area contributed by atoms with Crippen LogP contribution in [0.4, 0.5) is 4.39 Å². The summed E-state index contributed by atoms with van der Waals surface area (Å²) >= 11 is 0. The topological polar surface area (TPSA) is 23.8 Å². The van der Waals surface area contributed by atoms with Crippen LogP contribution in [0.1, 0.15) is 101 Å². The van der Waals surface area contributed by atoms with E-state index < -0.39 is 0 Å². The van der Waals surface area contributed by atoms with Crippen molar-refractivity contribution >= 4 is 0 Å². The van der Waals surface area contributed by atoms with Crippen LogP contribution >= 0.6 is 0 Å². The van der Waals surface area contributed by atoms with E-state index in [9.17, 15) is 4.39 Å². The van der Waals surface area contributed by atoms with Crippen LogP contribution in [0.3, 0.4) is 0 Å². The minimum atomic E-state index is 0.680. The number of hydrogen-bond acceptors (Lipinski definition) is 1. The standard InChI is InChI=1S/C26H36FN/c27-19-5-3-1-2-4-6-21-7-11-23(12-8-21)25-15-17-26(18-16-25)24-13-9-22(20-28)10-14-24/h5,9-10,13-14,19,21,23,25-26H,1-4,6-8,11-12,15-18H2. The van der Waals surface area contributed by atoms with Crippen molar-refractivity contribution in [2.45, 2.75) is 89.4 Å². The fourth-order valence-corrected chi connectivity index (χ4v) is 5.64. The monoisotopic (exact) mass is 381 g/mol. The second-order valence-electron chi connectivity index (χ2n) is 9.13. The molecule has 28 heavy (non-hydrogen) atoms. The highest BCUT2D eigenvalue weighted by atomic mass is 19.1. The summed E-state index contributed by atoms with van der Waals surface area (Å²) < 4.78 is 11.9. The van der Waals surface area contributed by atoms with Crippen LogP contribution in [0.15, 0.2) is 36.7 Å². The Kier molecular flexibility index (Phi) is 8.59. The van der Waals surface area contributed by atoms with Crippen molar-refractivity contribution in [1.82, 2.24) is 0 Å². The lowest BCUT2D eigenvalue weighted by Gasteiger charge is -2.38. The highest BCUT2D eigenvalue weighted by Gasteiger charge is 2.31. The molecule has 0 bridgehead atoms.